The lowest BCUT2D eigenvalue weighted by Gasteiger charge is -1.78. The van der Waals surface area contributed by atoms with Crippen molar-refractivity contribution in [2.75, 3.05) is 0 Å². The number of nitrogens with two attached hydrogens (primary N) is 7. The highest BCUT2D eigenvalue weighted by Gasteiger charge is 1.60. The van der Waals surface area contributed by atoms with Crippen molar-refractivity contribution in [1.29, 1.82) is 0 Å². The Morgan fingerprint density at radius 1 is 0.769 bits per heavy atom. The fourth-order valence-corrected chi connectivity index (χ4v) is 0. The molecule has 7 nitrogen and oxygen atoms in total. The van der Waals surface area contributed by atoms with Crippen LogP contribution in [0.3, 0.4) is 0 Å². The van der Waals surface area contributed by atoms with Gasteiger partial charge in [0.2, 0.25) is 0 Å². The topological polar surface area (TPSA) is 182 Å². The minimum Gasteiger partial charge on any atom is -0.405 e. The van der Waals surface area contributed by atoms with Gasteiger partial charge < -0.3 is 40.1 Å². The summed E-state index contributed by atoms with van der Waals surface area (Å²) >= 11 is 0. The van der Waals surface area contributed by atoms with Crippen LogP contribution in [0.25, 0.3) is 0 Å². The van der Waals surface area contributed by atoms with Crippen LogP contribution in [0.15, 0.2) is 36.8 Å². The van der Waals surface area contributed by atoms with E-state index in [4.69, 9.17) is 34.4 Å². The van der Waals surface area contributed by atoms with Gasteiger partial charge in [-0.05, 0) is 6.20 Å². The second-order valence-corrected chi connectivity index (χ2v) is 1.57. The molecule has 0 aromatic rings. The van der Waals surface area contributed by atoms with E-state index in [9.17, 15) is 0 Å². The Kier molecular flexibility index (Phi) is 21.6. The average molecular weight is 189 g/mol. The lowest BCUT2D eigenvalue weighted by Crippen LogP contribution is -2.09. The van der Waals surface area contributed by atoms with Crippen LogP contribution in [0.4, 0.5) is 0 Å². The van der Waals surface area contributed by atoms with Crippen molar-refractivity contribution in [2.24, 2.45) is 40.1 Å². The average Bonchev–Trinajstić information content (AvgIpc) is 2.07. The normalized spacial score (nSPS) is 5.85. The molecule has 0 spiro atoms. The van der Waals surface area contributed by atoms with Gasteiger partial charge in [-0.25, -0.2) is 0 Å². The van der Waals surface area contributed by atoms with Crippen LogP contribution in [0.5, 0.6) is 0 Å². The lowest BCUT2D eigenvalue weighted by molar-refractivity contribution is 1.22. The van der Waals surface area contributed by atoms with Crippen LogP contribution in [0, 0.1) is 0 Å². The lowest BCUT2D eigenvalue weighted by atomic mass is 10.8. The SMILES string of the molecule is C=CN.NC=C(N)N.NC=C(N)N. The summed E-state index contributed by atoms with van der Waals surface area (Å²) < 4.78 is 0. The van der Waals surface area contributed by atoms with Gasteiger partial charge in [-0.1, -0.05) is 6.58 Å². The molecule has 0 saturated carbocycles. The first-order valence-electron chi connectivity index (χ1n) is 3.14. The first kappa shape index (κ1) is 17.1. The van der Waals surface area contributed by atoms with Gasteiger partial charge in [0.25, 0.3) is 0 Å². The smallest absolute Gasteiger partial charge is 0.109 e. The Bertz CT molecular complexity index is 136. The van der Waals surface area contributed by atoms with Gasteiger partial charge in [-0.2, -0.15) is 0 Å². The monoisotopic (exact) mass is 189 g/mol. The zero-order valence-corrected chi connectivity index (χ0v) is 7.48. The minimum atomic E-state index is 0.157. The Labute approximate surface area is 77.9 Å². The highest BCUT2D eigenvalue weighted by molar-refractivity contribution is 4.84. The number of hydrogen-bond acceptors (Lipinski definition) is 7. The summed E-state index contributed by atoms with van der Waals surface area (Å²) in [6.45, 7) is 3.14. The maximum Gasteiger partial charge on any atom is 0.109 e. The van der Waals surface area contributed by atoms with E-state index < -0.39 is 0 Å². The van der Waals surface area contributed by atoms with Crippen molar-refractivity contribution >= 4 is 0 Å². The molecule has 0 fully saturated rings. The fourth-order valence-electron chi connectivity index (χ4n) is 0. The summed E-state index contributed by atoms with van der Waals surface area (Å²) in [6, 6.07) is 0. The third kappa shape index (κ3) is 181. The van der Waals surface area contributed by atoms with E-state index in [-0.39, 0.29) is 11.6 Å². The van der Waals surface area contributed by atoms with Crippen LogP contribution >= 0.6 is 0 Å². The molecule has 0 heterocycles. The molecule has 0 saturated heterocycles. The second kappa shape index (κ2) is 16.4. The van der Waals surface area contributed by atoms with E-state index in [0.29, 0.717) is 0 Å². The summed E-state index contributed by atoms with van der Waals surface area (Å²) in [5.74, 6) is 0.315. The van der Waals surface area contributed by atoms with Crippen LogP contribution in [-0.4, -0.2) is 0 Å². The van der Waals surface area contributed by atoms with Gasteiger partial charge in [0.05, 0.1) is 0 Å². The van der Waals surface area contributed by atoms with Crippen molar-refractivity contribution in [3.63, 3.8) is 0 Å². The van der Waals surface area contributed by atoms with E-state index in [1.165, 1.54) is 6.20 Å². The number of hydrogen-bond donors (Lipinski definition) is 7. The Morgan fingerprint density at radius 3 is 0.846 bits per heavy atom. The molecule has 14 N–H and O–H groups in total. The maximum absolute atomic E-state index is 4.81. The molecule has 0 amide bonds. The molecule has 13 heavy (non-hydrogen) atoms. The molecule has 78 valence electrons. The fraction of sp³-hybridized carbons (Fsp3) is 0. The molecule has 0 aliphatic rings. The largest absolute Gasteiger partial charge is 0.405 e. The second-order valence-electron chi connectivity index (χ2n) is 1.57. The zero-order chi connectivity index (χ0) is 11.3. The van der Waals surface area contributed by atoms with Crippen LogP contribution in [0.2, 0.25) is 0 Å². The highest BCUT2D eigenvalue weighted by Crippen LogP contribution is 1.49. The molecule has 0 aromatic carbocycles. The molecule has 0 radical (unpaired) electrons. The zero-order valence-electron chi connectivity index (χ0n) is 7.48. The number of rotatable bonds is 0. The molecule has 0 bridgehead atoms. The molecular formula is C6H19N7. The molecule has 7 heteroatoms. The van der Waals surface area contributed by atoms with E-state index >= 15 is 0 Å². The standard InChI is InChI=1S/2C2H7N3.C2H5N/c2*3-1-2(4)5;1-2-3/h2*1H,3-5H2;2H,1,3H2. The van der Waals surface area contributed by atoms with Crippen molar-refractivity contribution in [1.82, 2.24) is 0 Å². The summed E-state index contributed by atoms with van der Waals surface area (Å²) in [4.78, 5) is 0. The van der Waals surface area contributed by atoms with Crippen molar-refractivity contribution in [3.05, 3.63) is 36.8 Å². The van der Waals surface area contributed by atoms with E-state index in [1.807, 2.05) is 0 Å². The molecule has 0 aliphatic heterocycles. The van der Waals surface area contributed by atoms with E-state index in [0.717, 1.165) is 12.4 Å². The first-order valence-corrected chi connectivity index (χ1v) is 3.14. The summed E-state index contributed by atoms with van der Waals surface area (Å²) in [5.41, 5.74) is 33.4. The highest BCUT2D eigenvalue weighted by atomic mass is 14.8. The third-order valence-corrected chi connectivity index (χ3v) is 0.385. The van der Waals surface area contributed by atoms with Crippen molar-refractivity contribution < 1.29 is 0 Å². The summed E-state index contributed by atoms with van der Waals surface area (Å²) in [7, 11) is 0. The van der Waals surface area contributed by atoms with Crippen LogP contribution < -0.4 is 40.1 Å². The molecular weight excluding hydrogens is 170 g/mol. The van der Waals surface area contributed by atoms with E-state index in [1.54, 1.807) is 0 Å². The summed E-state index contributed by atoms with van der Waals surface area (Å²) in [5, 5.41) is 0. The Morgan fingerprint density at radius 2 is 0.846 bits per heavy atom. The first-order chi connectivity index (χ1) is 5.95. The Hall–Kier alpha value is -2.18. The summed E-state index contributed by atoms with van der Waals surface area (Å²) in [6.07, 6.45) is 3.53. The minimum absolute atomic E-state index is 0.157. The van der Waals surface area contributed by atoms with Crippen LogP contribution in [0.1, 0.15) is 0 Å². The molecule has 0 unspecified atom stereocenters. The van der Waals surface area contributed by atoms with Crippen molar-refractivity contribution in [3.8, 4) is 0 Å². The molecule has 0 aliphatic carbocycles. The Balaban J connectivity index is -0.000000120. The molecule has 0 aromatic heterocycles. The predicted molar refractivity (Wildman–Crippen MR) is 55.7 cm³/mol. The van der Waals surface area contributed by atoms with Gasteiger partial charge in [-0.3, -0.25) is 0 Å². The van der Waals surface area contributed by atoms with Gasteiger partial charge in [-0.15, -0.1) is 0 Å². The van der Waals surface area contributed by atoms with E-state index in [2.05, 4.69) is 12.3 Å². The maximum atomic E-state index is 4.81. The third-order valence-electron chi connectivity index (χ3n) is 0.385. The van der Waals surface area contributed by atoms with Gasteiger partial charge in [0.15, 0.2) is 0 Å². The molecule has 0 rings (SSSR count). The van der Waals surface area contributed by atoms with Crippen LogP contribution in [-0.2, 0) is 0 Å². The van der Waals surface area contributed by atoms with Gasteiger partial charge >= 0.3 is 0 Å². The predicted octanol–water partition coefficient (Wildman–Crippen LogP) is -2.59. The molecule has 0 atom stereocenters. The van der Waals surface area contributed by atoms with Gasteiger partial charge in [0, 0.05) is 12.4 Å². The van der Waals surface area contributed by atoms with Gasteiger partial charge in [0.1, 0.15) is 11.6 Å². The van der Waals surface area contributed by atoms with Crippen molar-refractivity contribution in [2.45, 2.75) is 0 Å². The quantitative estimate of drug-likeness (QED) is 0.218.